The second-order valence-corrected chi connectivity index (χ2v) is 5.74. The molecule has 0 fully saturated rings. The summed E-state index contributed by atoms with van der Waals surface area (Å²) in [4.78, 5) is 18.3. The molecule has 3 nitrogen and oxygen atoms in total. The van der Waals surface area contributed by atoms with Crippen LogP contribution in [0.4, 0.5) is 0 Å². The maximum Gasteiger partial charge on any atom is 0.253 e. The fourth-order valence-electron chi connectivity index (χ4n) is 1.99. The predicted molar refractivity (Wildman–Crippen MR) is 88.7 cm³/mol. The first-order chi connectivity index (χ1) is 9.70. The van der Waals surface area contributed by atoms with Gasteiger partial charge < -0.3 is 4.90 Å². The normalized spacial score (nSPS) is 10.3. The molecule has 0 saturated carbocycles. The van der Waals surface area contributed by atoms with Crippen LogP contribution in [0, 0.1) is 3.57 Å². The minimum absolute atomic E-state index is 0.0953. The number of carbonyl (C=O) groups is 1. The maximum atomic E-state index is 12.4. The van der Waals surface area contributed by atoms with Crippen molar-refractivity contribution in [2.24, 2.45) is 0 Å². The van der Waals surface area contributed by atoms with E-state index in [9.17, 15) is 4.79 Å². The lowest BCUT2D eigenvalue weighted by atomic mass is 10.1. The van der Waals surface area contributed by atoms with E-state index in [0.717, 1.165) is 28.6 Å². The zero-order valence-electron chi connectivity index (χ0n) is 11.4. The van der Waals surface area contributed by atoms with E-state index in [4.69, 9.17) is 0 Å². The highest BCUT2D eigenvalue weighted by molar-refractivity contribution is 14.1. The fraction of sp³-hybridized carbons (Fsp3) is 0.250. The van der Waals surface area contributed by atoms with E-state index in [1.165, 1.54) is 5.56 Å². The van der Waals surface area contributed by atoms with Crippen LogP contribution in [0.25, 0.3) is 0 Å². The third kappa shape index (κ3) is 4.03. The van der Waals surface area contributed by atoms with Crippen LogP contribution in [0.2, 0.25) is 0 Å². The maximum absolute atomic E-state index is 12.4. The largest absolute Gasteiger partial charge is 0.339 e. The third-order valence-electron chi connectivity index (χ3n) is 3.18. The van der Waals surface area contributed by atoms with Crippen molar-refractivity contribution in [2.45, 2.75) is 13.3 Å². The second kappa shape index (κ2) is 7.38. The Kier molecular flexibility index (Phi) is 5.52. The van der Waals surface area contributed by atoms with Crippen molar-refractivity contribution in [3.8, 4) is 0 Å². The minimum atomic E-state index is 0.0953. The van der Waals surface area contributed by atoms with Crippen molar-refractivity contribution in [3.05, 3.63) is 63.5 Å². The van der Waals surface area contributed by atoms with Crippen molar-refractivity contribution < 1.29 is 4.79 Å². The van der Waals surface area contributed by atoms with Gasteiger partial charge in [-0.05, 0) is 77.9 Å². The van der Waals surface area contributed by atoms with Crippen molar-refractivity contribution in [1.82, 2.24) is 9.88 Å². The molecule has 104 valence electrons. The Labute approximate surface area is 133 Å². The summed E-state index contributed by atoms with van der Waals surface area (Å²) in [6.45, 7) is 3.46. The molecule has 4 heteroatoms. The molecule has 0 radical (unpaired) electrons. The molecule has 1 amide bonds. The number of halogens is 1. The van der Waals surface area contributed by atoms with Crippen LogP contribution in [-0.4, -0.2) is 28.9 Å². The number of amides is 1. The van der Waals surface area contributed by atoms with Crippen LogP contribution >= 0.6 is 22.6 Å². The SMILES string of the molecule is CCN(CCc1ccncc1)C(=O)c1ccc(I)cc1. The molecule has 2 aromatic rings. The number of nitrogens with zero attached hydrogens (tertiary/aromatic N) is 2. The molecule has 0 N–H and O–H groups in total. The molecule has 1 aromatic heterocycles. The van der Waals surface area contributed by atoms with Gasteiger partial charge in [-0.3, -0.25) is 9.78 Å². The average Bonchev–Trinajstić information content (AvgIpc) is 2.49. The lowest BCUT2D eigenvalue weighted by Crippen LogP contribution is -2.32. The number of rotatable bonds is 5. The molecule has 0 bridgehead atoms. The Hall–Kier alpha value is -1.43. The molecule has 0 unspecified atom stereocenters. The van der Waals surface area contributed by atoms with Crippen LogP contribution in [0.1, 0.15) is 22.8 Å². The molecule has 0 aliphatic heterocycles. The molecule has 0 aliphatic rings. The summed E-state index contributed by atoms with van der Waals surface area (Å²) in [5.74, 6) is 0.0953. The molecule has 1 aromatic carbocycles. The summed E-state index contributed by atoms with van der Waals surface area (Å²) in [6.07, 6.45) is 4.42. The van der Waals surface area contributed by atoms with Crippen molar-refractivity contribution in [2.75, 3.05) is 13.1 Å². The first kappa shape index (κ1) is 15.0. The Morgan fingerprint density at radius 1 is 1.15 bits per heavy atom. The number of hydrogen-bond acceptors (Lipinski definition) is 2. The molecule has 0 spiro atoms. The topological polar surface area (TPSA) is 33.2 Å². The van der Waals surface area contributed by atoms with Gasteiger partial charge in [-0.15, -0.1) is 0 Å². The summed E-state index contributed by atoms with van der Waals surface area (Å²) in [5, 5.41) is 0. The first-order valence-corrected chi connectivity index (χ1v) is 7.72. The lowest BCUT2D eigenvalue weighted by molar-refractivity contribution is 0.0766. The highest BCUT2D eigenvalue weighted by Gasteiger charge is 2.13. The third-order valence-corrected chi connectivity index (χ3v) is 3.90. The van der Waals surface area contributed by atoms with Gasteiger partial charge >= 0.3 is 0 Å². The van der Waals surface area contributed by atoms with Gasteiger partial charge in [-0.1, -0.05) is 0 Å². The van der Waals surface area contributed by atoms with Gasteiger partial charge in [0.1, 0.15) is 0 Å². The molecule has 1 heterocycles. The number of pyridine rings is 1. The monoisotopic (exact) mass is 380 g/mol. The van der Waals surface area contributed by atoms with E-state index in [2.05, 4.69) is 27.6 Å². The number of benzene rings is 1. The van der Waals surface area contributed by atoms with Gasteiger partial charge in [-0.25, -0.2) is 0 Å². The second-order valence-electron chi connectivity index (χ2n) is 4.50. The van der Waals surface area contributed by atoms with Gasteiger partial charge in [0.2, 0.25) is 0 Å². The Morgan fingerprint density at radius 3 is 2.40 bits per heavy atom. The average molecular weight is 380 g/mol. The van der Waals surface area contributed by atoms with E-state index in [0.29, 0.717) is 0 Å². The molecule has 0 saturated heterocycles. The zero-order chi connectivity index (χ0) is 14.4. The van der Waals surface area contributed by atoms with Crippen molar-refractivity contribution in [1.29, 1.82) is 0 Å². The minimum Gasteiger partial charge on any atom is -0.339 e. The summed E-state index contributed by atoms with van der Waals surface area (Å²) in [5.41, 5.74) is 1.95. The van der Waals surface area contributed by atoms with Crippen LogP contribution < -0.4 is 0 Å². The quantitative estimate of drug-likeness (QED) is 0.746. The zero-order valence-corrected chi connectivity index (χ0v) is 13.6. The first-order valence-electron chi connectivity index (χ1n) is 6.64. The lowest BCUT2D eigenvalue weighted by Gasteiger charge is -2.21. The van der Waals surface area contributed by atoms with Gasteiger partial charge in [0.15, 0.2) is 0 Å². The summed E-state index contributed by atoms with van der Waals surface area (Å²) in [7, 11) is 0. The predicted octanol–water partition coefficient (Wildman–Crippen LogP) is 3.39. The summed E-state index contributed by atoms with van der Waals surface area (Å²) >= 11 is 2.24. The number of carbonyl (C=O) groups excluding carboxylic acids is 1. The molecule has 0 atom stereocenters. The van der Waals surface area contributed by atoms with Gasteiger partial charge in [0.05, 0.1) is 0 Å². The van der Waals surface area contributed by atoms with Gasteiger partial charge in [-0.2, -0.15) is 0 Å². The standard InChI is InChI=1S/C16H17IN2O/c1-2-19(12-9-13-7-10-18-11-8-13)16(20)14-3-5-15(17)6-4-14/h3-8,10-11H,2,9,12H2,1H3. The van der Waals surface area contributed by atoms with Crippen LogP contribution in [-0.2, 0) is 6.42 Å². The molecule has 20 heavy (non-hydrogen) atoms. The summed E-state index contributed by atoms with van der Waals surface area (Å²) in [6, 6.07) is 11.7. The Morgan fingerprint density at radius 2 is 1.80 bits per heavy atom. The summed E-state index contributed by atoms with van der Waals surface area (Å²) < 4.78 is 1.14. The van der Waals surface area contributed by atoms with E-state index >= 15 is 0 Å². The van der Waals surface area contributed by atoms with Gasteiger partial charge in [0.25, 0.3) is 5.91 Å². The molecule has 2 rings (SSSR count). The highest BCUT2D eigenvalue weighted by atomic mass is 127. The van der Waals surface area contributed by atoms with E-state index in [1.807, 2.05) is 48.2 Å². The molecular formula is C16H17IN2O. The Bertz CT molecular complexity index is 554. The molecular weight excluding hydrogens is 363 g/mol. The van der Waals surface area contributed by atoms with Crippen LogP contribution in [0.5, 0.6) is 0 Å². The Balaban J connectivity index is 2.00. The number of hydrogen-bond donors (Lipinski definition) is 0. The fourth-order valence-corrected chi connectivity index (χ4v) is 2.35. The van der Waals surface area contributed by atoms with E-state index in [-0.39, 0.29) is 5.91 Å². The highest BCUT2D eigenvalue weighted by Crippen LogP contribution is 2.10. The van der Waals surface area contributed by atoms with Crippen LogP contribution in [0.3, 0.4) is 0 Å². The number of aromatic nitrogens is 1. The van der Waals surface area contributed by atoms with Gasteiger partial charge in [0, 0.05) is 34.6 Å². The van der Waals surface area contributed by atoms with Crippen LogP contribution in [0.15, 0.2) is 48.8 Å². The van der Waals surface area contributed by atoms with E-state index < -0.39 is 0 Å². The van der Waals surface area contributed by atoms with E-state index in [1.54, 1.807) is 12.4 Å². The van der Waals surface area contributed by atoms with Crippen molar-refractivity contribution in [3.63, 3.8) is 0 Å². The van der Waals surface area contributed by atoms with Crippen molar-refractivity contribution >= 4 is 28.5 Å². The molecule has 0 aliphatic carbocycles. The number of likely N-dealkylation sites (N-methyl/N-ethyl adjacent to an activating group) is 1. The smallest absolute Gasteiger partial charge is 0.253 e.